The molecular formula is C12H9ClF2N4. The van der Waals surface area contributed by atoms with Gasteiger partial charge in [0.25, 0.3) is 6.43 Å². The van der Waals surface area contributed by atoms with Crippen LogP contribution < -0.4 is 0 Å². The maximum atomic E-state index is 13.1. The Kier molecular flexibility index (Phi) is 2.74. The Morgan fingerprint density at radius 3 is 2.74 bits per heavy atom. The smallest absolute Gasteiger partial charge is 0.281 e. The number of aromatic amines is 1. The van der Waals surface area contributed by atoms with Crippen LogP contribution in [0.2, 0.25) is 5.02 Å². The maximum Gasteiger partial charge on any atom is 0.296 e. The quantitative estimate of drug-likeness (QED) is 0.780. The lowest BCUT2D eigenvalue weighted by Crippen LogP contribution is -2.02. The van der Waals surface area contributed by atoms with Crippen LogP contribution in [0.3, 0.4) is 0 Å². The van der Waals surface area contributed by atoms with Gasteiger partial charge in [0.1, 0.15) is 0 Å². The molecule has 1 aromatic carbocycles. The molecule has 7 heteroatoms. The van der Waals surface area contributed by atoms with Crippen molar-refractivity contribution < 1.29 is 8.78 Å². The van der Waals surface area contributed by atoms with Crippen LogP contribution in [0.5, 0.6) is 0 Å². The third-order valence-electron chi connectivity index (χ3n) is 2.76. The second-order valence-corrected chi connectivity index (χ2v) is 4.58. The molecule has 1 N–H and O–H groups in total. The maximum absolute atomic E-state index is 13.1. The molecule has 0 atom stereocenters. The van der Waals surface area contributed by atoms with Gasteiger partial charge in [-0.15, -0.1) is 0 Å². The van der Waals surface area contributed by atoms with Crippen molar-refractivity contribution in [1.82, 2.24) is 19.7 Å². The van der Waals surface area contributed by atoms with Gasteiger partial charge >= 0.3 is 0 Å². The number of fused-ring (bicyclic) bond motifs is 1. The number of aryl methyl sites for hydroxylation is 1. The minimum Gasteiger partial charge on any atom is -0.281 e. The number of imidazole rings is 1. The lowest BCUT2D eigenvalue weighted by atomic mass is 10.3. The molecule has 2 heterocycles. The first-order valence-electron chi connectivity index (χ1n) is 5.54. The number of hydrogen-bond acceptors (Lipinski definition) is 2. The zero-order valence-electron chi connectivity index (χ0n) is 9.86. The summed E-state index contributed by atoms with van der Waals surface area (Å²) in [5.74, 6) is 0.0290. The molecule has 0 aliphatic carbocycles. The molecule has 0 bridgehead atoms. The van der Waals surface area contributed by atoms with Gasteiger partial charge < -0.3 is 0 Å². The number of aromatic nitrogens is 4. The zero-order chi connectivity index (χ0) is 13.6. The fourth-order valence-electron chi connectivity index (χ4n) is 1.97. The first-order chi connectivity index (χ1) is 9.06. The fraction of sp³-hybridized carbons (Fsp3) is 0.167. The highest BCUT2D eigenvalue weighted by molar-refractivity contribution is 6.31. The number of alkyl halides is 2. The van der Waals surface area contributed by atoms with Gasteiger partial charge in [0.05, 0.1) is 11.0 Å². The summed E-state index contributed by atoms with van der Waals surface area (Å²) in [5.41, 5.74) is 1.74. The van der Waals surface area contributed by atoms with Crippen LogP contribution >= 0.6 is 11.6 Å². The Bertz CT molecular complexity index is 747. The Hall–Kier alpha value is -1.95. The van der Waals surface area contributed by atoms with E-state index in [1.54, 1.807) is 31.2 Å². The number of halogens is 3. The molecule has 19 heavy (non-hydrogen) atoms. The SMILES string of the molecule is Cc1cc(-n2c(C(F)F)nc3ccc(Cl)cc32)n[nH]1. The topological polar surface area (TPSA) is 46.5 Å². The van der Waals surface area contributed by atoms with E-state index in [2.05, 4.69) is 15.2 Å². The summed E-state index contributed by atoms with van der Waals surface area (Å²) in [6.45, 7) is 1.80. The van der Waals surface area contributed by atoms with E-state index in [1.165, 1.54) is 4.57 Å². The molecule has 0 spiro atoms. The number of nitrogens with zero attached hydrogens (tertiary/aromatic N) is 3. The third kappa shape index (κ3) is 1.98. The molecule has 0 unspecified atom stereocenters. The highest BCUT2D eigenvalue weighted by Crippen LogP contribution is 2.28. The zero-order valence-corrected chi connectivity index (χ0v) is 10.6. The monoisotopic (exact) mass is 282 g/mol. The molecule has 0 radical (unpaired) electrons. The molecule has 0 saturated heterocycles. The summed E-state index contributed by atoms with van der Waals surface area (Å²) in [5, 5.41) is 7.19. The van der Waals surface area contributed by atoms with Gasteiger partial charge in [-0.05, 0) is 25.1 Å². The number of benzene rings is 1. The standard InChI is InChI=1S/C12H9ClF2N4/c1-6-4-10(18-17-6)19-9-5-7(13)2-3-8(9)16-12(19)11(14)15/h2-5,11H,1H3,(H,17,18). The molecule has 0 saturated carbocycles. The van der Waals surface area contributed by atoms with Crippen LogP contribution in [0.4, 0.5) is 8.78 Å². The summed E-state index contributed by atoms with van der Waals surface area (Å²) >= 11 is 5.92. The van der Waals surface area contributed by atoms with Crippen molar-refractivity contribution in [1.29, 1.82) is 0 Å². The van der Waals surface area contributed by atoms with Gasteiger partial charge in [-0.1, -0.05) is 11.6 Å². The van der Waals surface area contributed by atoms with Crippen molar-refractivity contribution in [2.24, 2.45) is 0 Å². The van der Waals surface area contributed by atoms with E-state index in [1.807, 2.05) is 0 Å². The van der Waals surface area contributed by atoms with Crippen LogP contribution in [0.1, 0.15) is 17.9 Å². The van der Waals surface area contributed by atoms with Crippen molar-refractivity contribution in [3.8, 4) is 5.82 Å². The van der Waals surface area contributed by atoms with E-state index in [0.717, 1.165) is 5.69 Å². The summed E-state index contributed by atoms with van der Waals surface area (Å²) < 4.78 is 27.5. The number of hydrogen-bond donors (Lipinski definition) is 1. The predicted molar refractivity (Wildman–Crippen MR) is 67.9 cm³/mol. The van der Waals surface area contributed by atoms with E-state index >= 15 is 0 Å². The average Bonchev–Trinajstić information content (AvgIpc) is 2.92. The number of H-pyrrole nitrogens is 1. The summed E-state index contributed by atoms with van der Waals surface area (Å²) in [6.07, 6.45) is -2.69. The molecule has 3 aromatic rings. The molecule has 4 nitrogen and oxygen atoms in total. The lowest BCUT2D eigenvalue weighted by molar-refractivity contribution is 0.139. The summed E-state index contributed by atoms with van der Waals surface area (Å²) in [6, 6.07) is 6.50. The number of rotatable bonds is 2. The van der Waals surface area contributed by atoms with Crippen LogP contribution in [0, 0.1) is 6.92 Å². The average molecular weight is 283 g/mol. The van der Waals surface area contributed by atoms with E-state index in [9.17, 15) is 8.78 Å². The van der Waals surface area contributed by atoms with Gasteiger partial charge in [0.2, 0.25) is 0 Å². The predicted octanol–water partition coefficient (Wildman–Crippen LogP) is 3.65. The van der Waals surface area contributed by atoms with Gasteiger partial charge in [-0.2, -0.15) is 5.10 Å². The Morgan fingerprint density at radius 1 is 1.32 bits per heavy atom. The molecule has 0 aliphatic rings. The van der Waals surface area contributed by atoms with Crippen LogP contribution in [-0.2, 0) is 0 Å². The minimum atomic E-state index is -2.69. The van der Waals surface area contributed by atoms with Crippen LogP contribution in [0.15, 0.2) is 24.3 Å². The van der Waals surface area contributed by atoms with Crippen LogP contribution in [0.25, 0.3) is 16.9 Å². The molecule has 0 aliphatic heterocycles. The Balaban J connectivity index is 2.35. The van der Waals surface area contributed by atoms with E-state index in [4.69, 9.17) is 11.6 Å². The van der Waals surface area contributed by atoms with E-state index < -0.39 is 6.43 Å². The molecule has 2 aromatic heterocycles. The lowest BCUT2D eigenvalue weighted by Gasteiger charge is -2.04. The van der Waals surface area contributed by atoms with Crippen molar-refractivity contribution in [3.63, 3.8) is 0 Å². The summed E-state index contributed by atoms with van der Waals surface area (Å²) in [7, 11) is 0. The highest BCUT2D eigenvalue weighted by atomic mass is 35.5. The first kappa shape index (κ1) is 12.1. The van der Waals surface area contributed by atoms with Crippen molar-refractivity contribution >= 4 is 22.6 Å². The highest BCUT2D eigenvalue weighted by Gasteiger charge is 2.21. The first-order valence-corrected chi connectivity index (χ1v) is 5.92. The Labute approximate surface area is 112 Å². The molecule has 98 valence electrons. The van der Waals surface area contributed by atoms with Crippen molar-refractivity contribution in [2.45, 2.75) is 13.3 Å². The van der Waals surface area contributed by atoms with Gasteiger partial charge in [-0.25, -0.2) is 13.8 Å². The second kappa shape index (κ2) is 4.31. The second-order valence-electron chi connectivity index (χ2n) is 4.15. The van der Waals surface area contributed by atoms with Gasteiger partial charge in [0, 0.05) is 16.8 Å². The molecule has 0 amide bonds. The van der Waals surface area contributed by atoms with Crippen LogP contribution in [-0.4, -0.2) is 19.7 Å². The van der Waals surface area contributed by atoms with Crippen molar-refractivity contribution in [3.05, 3.63) is 40.8 Å². The number of nitrogens with one attached hydrogen (secondary N) is 1. The Morgan fingerprint density at radius 2 is 2.11 bits per heavy atom. The van der Waals surface area contributed by atoms with E-state index in [0.29, 0.717) is 21.9 Å². The molecule has 3 rings (SSSR count). The normalized spacial score (nSPS) is 11.6. The molecule has 0 fully saturated rings. The van der Waals surface area contributed by atoms with Gasteiger partial charge in [0.15, 0.2) is 11.6 Å². The largest absolute Gasteiger partial charge is 0.296 e. The van der Waals surface area contributed by atoms with E-state index in [-0.39, 0.29) is 5.82 Å². The summed E-state index contributed by atoms with van der Waals surface area (Å²) in [4.78, 5) is 3.94. The third-order valence-corrected chi connectivity index (χ3v) is 2.99. The molecular weight excluding hydrogens is 274 g/mol. The fourth-order valence-corrected chi connectivity index (χ4v) is 2.14. The van der Waals surface area contributed by atoms with Gasteiger partial charge in [-0.3, -0.25) is 9.67 Å². The van der Waals surface area contributed by atoms with Crippen molar-refractivity contribution in [2.75, 3.05) is 0 Å². The minimum absolute atomic E-state index is 0.344.